The van der Waals surface area contributed by atoms with Gasteiger partial charge in [0.1, 0.15) is 11.3 Å². The van der Waals surface area contributed by atoms with E-state index >= 15 is 0 Å². The Morgan fingerprint density at radius 3 is 2.71 bits per heavy atom. The molecule has 1 N–H and O–H groups in total. The molecule has 9 nitrogen and oxygen atoms in total. The number of nitrogens with one attached hydrogen (secondary N) is 1. The number of piperidine rings is 1. The smallest absolute Gasteiger partial charge is 0.257 e. The summed E-state index contributed by atoms with van der Waals surface area (Å²) in [5.41, 5.74) is 3.30. The monoisotopic (exact) mass is 497 g/mol. The Bertz CT molecular complexity index is 1170. The number of nitrogens with zero attached hydrogens (tertiary/aromatic N) is 4. The molecule has 2 fully saturated rings. The van der Waals surface area contributed by atoms with Crippen LogP contribution in [0.15, 0.2) is 30.5 Å². The number of pyridine rings is 1. The number of morpholine rings is 1. The lowest BCUT2D eigenvalue weighted by atomic mass is 10.1. The van der Waals surface area contributed by atoms with E-state index < -0.39 is 0 Å². The van der Waals surface area contributed by atoms with Crippen molar-refractivity contribution in [2.75, 3.05) is 63.8 Å². The lowest BCUT2D eigenvalue weighted by molar-refractivity contribution is 0.0385. The van der Waals surface area contributed by atoms with Crippen molar-refractivity contribution in [3.63, 3.8) is 0 Å². The third-order valence-corrected chi connectivity index (χ3v) is 7.60. The number of thiazole rings is 1. The lowest BCUT2D eigenvalue weighted by Crippen LogP contribution is -2.36. The van der Waals surface area contributed by atoms with Gasteiger partial charge in [-0.1, -0.05) is 11.3 Å². The number of ether oxygens (including phenoxy) is 3. The SMILES string of the molecule is COc1ccc(N2CCOCC2)c2sc(NC(=O)c3ccnc(CN4CCC(OC)CC4)c3)nc12. The summed E-state index contributed by atoms with van der Waals surface area (Å²) in [5.74, 6) is 0.495. The number of carbonyl (C=O) groups is 1. The fourth-order valence-electron chi connectivity index (χ4n) is 4.65. The molecule has 0 saturated carbocycles. The van der Waals surface area contributed by atoms with Crippen LogP contribution >= 0.6 is 11.3 Å². The van der Waals surface area contributed by atoms with Gasteiger partial charge in [0, 0.05) is 51.6 Å². The van der Waals surface area contributed by atoms with Gasteiger partial charge in [0.15, 0.2) is 5.13 Å². The molecule has 0 aliphatic carbocycles. The third kappa shape index (κ3) is 5.40. The van der Waals surface area contributed by atoms with Gasteiger partial charge in [-0.3, -0.25) is 20.0 Å². The summed E-state index contributed by atoms with van der Waals surface area (Å²) in [6, 6.07) is 7.59. The van der Waals surface area contributed by atoms with E-state index in [1.165, 1.54) is 11.3 Å². The standard InChI is InChI=1S/C25H31N5O4S/c1-32-19-6-9-29(10-7-19)16-18-15-17(5-8-26-18)24(31)28-25-27-22-21(33-2)4-3-20(23(22)35-25)30-11-13-34-14-12-30/h3-5,8,15,19H,6-7,9-14,16H2,1-2H3,(H,27,28,31). The van der Waals surface area contributed by atoms with Crippen LogP contribution < -0.4 is 15.0 Å². The van der Waals surface area contributed by atoms with Crippen LogP contribution in [0.1, 0.15) is 28.9 Å². The maximum Gasteiger partial charge on any atom is 0.257 e. The second-order valence-electron chi connectivity index (χ2n) is 8.78. The summed E-state index contributed by atoms with van der Waals surface area (Å²) >= 11 is 1.46. The molecule has 0 atom stereocenters. The highest BCUT2D eigenvalue weighted by Crippen LogP contribution is 2.39. The Hall–Kier alpha value is -2.79. The molecular weight excluding hydrogens is 466 g/mol. The normalized spacial score (nSPS) is 17.6. The minimum absolute atomic E-state index is 0.197. The maximum atomic E-state index is 13.1. The zero-order valence-electron chi connectivity index (χ0n) is 20.2. The topological polar surface area (TPSA) is 89.1 Å². The maximum absolute atomic E-state index is 13.1. The number of hydrogen-bond donors (Lipinski definition) is 1. The summed E-state index contributed by atoms with van der Waals surface area (Å²) in [4.78, 5) is 26.9. The largest absolute Gasteiger partial charge is 0.494 e. The molecule has 1 amide bonds. The molecule has 3 aromatic rings. The van der Waals surface area contributed by atoms with Crippen molar-refractivity contribution in [2.24, 2.45) is 0 Å². The number of rotatable bonds is 7. The molecule has 10 heteroatoms. The fraction of sp³-hybridized carbons (Fsp3) is 0.480. The number of aromatic nitrogens is 2. The van der Waals surface area contributed by atoms with Crippen LogP contribution in [0.4, 0.5) is 10.8 Å². The lowest BCUT2D eigenvalue weighted by Gasteiger charge is -2.30. The van der Waals surface area contributed by atoms with Gasteiger partial charge >= 0.3 is 0 Å². The van der Waals surface area contributed by atoms with Crippen molar-refractivity contribution in [3.05, 3.63) is 41.7 Å². The molecule has 0 unspecified atom stereocenters. The molecular formula is C25H31N5O4S. The van der Waals surface area contributed by atoms with E-state index in [1.807, 2.05) is 12.1 Å². The predicted octanol–water partition coefficient (Wildman–Crippen LogP) is 3.40. The zero-order valence-corrected chi connectivity index (χ0v) is 21.0. The Morgan fingerprint density at radius 1 is 1.17 bits per heavy atom. The van der Waals surface area contributed by atoms with E-state index in [0.717, 1.165) is 67.2 Å². The van der Waals surface area contributed by atoms with Crippen LogP contribution in [-0.2, 0) is 16.0 Å². The van der Waals surface area contributed by atoms with Crippen LogP contribution in [0.25, 0.3) is 10.2 Å². The number of benzene rings is 1. The van der Waals surface area contributed by atoms with Gasteiger partial charge in [-0.2, -0.15) is 0 Å². The van der Waals surface area contributed by atoms with E-state index in [-0.39, 0.29) is 5.91 Å². The first kappa shape index (κ1) is 23.9. The minimum atomic E-state index is -0.197. The van der Waals surface area contributed by atoms with Crippen molar-refractivity contribution in [1.82, 2.24) is 14.9 Å². The van der Waals surface area contributed by atoms with Crippen molar-refractivity contribution < 1.29 is 19.0 Å². The Kier molecular flexibility index (Phi) is 7.43. The first-order valence-electron chi connectivity index (χ1n) is 12.0. The molecule has 0 radical (unpaired) electrons. The molecule has 2 saturated heterocycles. The first-order valence-corrected chi connectivity index (χ1v) is 12.8. The summed E-state index contributed by atoms with van der Waals surface area (Å²) in [7, 11) is 3.41. The van der Waals surface area contributed by atoms with Gasteiger partial charge in [-0.15, -0.1) is 0 Å². The van der Waals surface area contributed by atoms with Crippen LogP contribution in [-0.4, -0.2) is 80.5 Å². The summed E-state index contributed by atoms with van der Waals surface area (Å²) in [6.07, 6.45) is 4.07. The zero-order chi connectivity index (χ0) is 24.2. The second-order valence-corrected chi connectivity index (χ2v) is 9.78. The van der Waals surface area contributed by atoms with E-state index in [2.05, 4.69) is 26.2 Å². The third-order valence-electron chi connectivity index (χ3n) is 6.61. The van der Waals surface area contributed by atoms with E-state index in [9.17, 15) is 4.79 Å². The van der Waals surface area contributed by atoms with Gasteiger partial charge in [0.2, 0.25) is 0 Å². The Labute approximate surface area is 209 Å². The van der Waals surface area contributed by atoms with Crippen molar-refractivity contribution in [3.8, 4) is 5.75 Å². The summed E-state index contributed by atoms with van der Waals surface area (Å²) < 4.78 is 17.5. The predicted molar refractivity (Wildman–Crippen MR) is 137 cm³/mol. The van der Waals surface area contributed by atoms with Crippen molar-refractivity contribution in [2.45, 2.75) is 25.5 Å². The number of fused-ring (bicyclic) bond motifs is 1. The molecule has 35 heavy (non-hydrogen) atoms. The molecule has 2 aromatic heterocycles. The highest BCUT2D eigenvalue weighted by Gasteiger charge is 2.21. The van der Waals surface area contributed by atoms with Gasteiger partial charge in [-0.25, -0.2) is 4.98 Å². The molecule has 0 spiro atoms. The van der Waals surface area contributed by atoms with Crippen molar-refractivity contribution in [1.29, 1.82) is 0 Å². The molecule has 2 aliphatic heterocycles. The Balaban J connectivity index is 1.32. The molecule has 2 aliphatic rings. The average molecular weight is 498 g/mol. The highest BCUT2D eigenvalue weighted by molar-refractivity contribution is 7.23. The number of methoxy groups -OCH3 is 2. The van der Waals surface area contributed by atoms with Gasteiger partial charge in [-0.05, 0) is 37.1 Å². The van der Waals surface area contributed by atoms with Crippen LogP contribution in [0.2, 0.25) is 0 Å². The number of amides is 1. The quantitative estimate of drug-likeness (QED) is 0.531. The number of carbonyl (C=O) groups excluding carboxylic acids is 1. The van der Waals surface area contributed by atoms with Crippen LogP contribution in [0.3, 0.4) is 0 Å². The van der Waals surface area contributed by atoms with Gasteiger partial charge < -0.3 is 19.1 Å². The second kappa shape index (κ2) is 10.9. The number of hydrogen-bond acceptors (Lipinski definition) is 9. The molecule has 1 aromatic carbocycles. The van der Waals surface area contributed by atoms with E-state index in [1.54, 1.807) is 26.5 Å². The molecule has 0 bridgehead atoms. The number of likely N-dealkylation sites (tertiary alicyclic amines) is 1. The summed E-state index contributed by atoms with van der Waals surface area (Å²) in [5, 5.41) is 3.53. The van der Waals surface area contributed by atoms with Crippen molar-refractivity contribution >= 4 is 38.3 Å². The first-order chi connectivity index (χ1) is 17.1. The summed E-state index contributed by atoms with van der Waals surface area (Å²) in [6.45, 7) is 5.70. The van der Waals surface area contributed by atoms with E-state index in [4.69, 9.17) is 19.2 Å². The highest BCUT2D eigenvalue weighted by atomic mass is 32.1. The average Bonchev–Trinajstić information content (AvgIpc) is 3.33. The van der Waals surface area contributed by atoms with Gasteiger partial charge in [0.05, 0.1) is 42.5 Å². The molecule has 5 rings (SSSR count). The molecule has 186 valence electrons. The molecule has 4 heterocycles. The number of anilines is 2. The Morgan fingerprint density at radius 2 is 1.97 bits per heavy atom. The van der Waals surface area contributed by atoms with Gasteiger partial charge in [0.25, 0.3) is 5.91 Å². The minimum Gasteiger partial charge on any atom is -0.494 e. The van der Waals surface area contributed by atoms with Crippen LogP contribution in [0.5, 0.6) is 5.75 Å². The fourth-order valence-corrected chi connectivity index (χ4v) is 5.67. The van der Waals surface area contributed by atoms with Crippen LogP contribution in [0, 0.1) is 0 Å². The van der Waals surface area contributed by atoms with E-state index in [0.29, 0.717) is 35.8 Å².